The average Bonchev–Trinajstić information content (AvgIpc) is 2.99. The predicted molar refractivity (Wildman–Crippen MR) is 91.5 cm³/mol. The number of imidazole rings is 1. The third-order valence-corrected chi connectivity index (χ3v) is 3.84. The van der Waals surface area contributed by atoms with Gasteiger partial charge in [-0.3, -0.25) is 20.4 Å². The Bertz CT molecular complexity index is 994. The highest BCUT2D eigenvalue weighted by atomic mass is 19.4. The van der Waals surface area contributed by atoms with E-state index in [1.807, 2.05) is 6.92 Å². The molecule has 140 valence electrons. The molecule has 0 atom stereocenters. The number of alkyl halides is 3. The number of benzene rings is 2. The van der Waals surface area contributed by atoms with E-state index in [1.54, 1.807) is 36.4 Å². The summed E-state index contributed by atoms with van der Waals surface area (Å²) in [6.07, 6.45) is -4.72. The Labute approximate surface area is 152 Å². The number of rotatable bonds is 3. The Hall–Kier alpha value is -3.36. The van der Waals surface area contributed by atoms with E-state index < -0.39 is 30.4 Å². The molecule has 9 heteroatoms. The molecule has 1 aromatic heterocycles. The molecule has 3 rings (SSSR count). The summed E-state index contributed by atoms with van der Waals surface area (Å²) < 4.78 is 40.4. The van der Waals surface area contributed by atoms with Crippen LogP contribution in [0.15, 0.2) is 48.5 Å². The van der Waals surface area contributed by atoms with Gasteiger partial charge in [0.05, 0.1) is 11.0 Å². The molecule has 2 aromatic carbocycles. The number of amides is 2. The summed E-state index contributed by atoms with van der Waals surface area (Å²) in [5.41, 5.74) is 5.87. The molecule has 0 unspecified atom stereocenters. The summed E-state index contributed by atoms with van der Waals surface area (Å²) in [6.45, 7) is 1.21. The number of carbonyl (C=O) groups excluding carboxylic acids is 2. The van der Waals surface area contributed by atoms with Crippen molar-refractivity contribution in [1.29, 1.82) is 0 Å². The van der Waals surface area contributed by atoms with Crippen molar-refractivity contribution in [3.05, 3.63) is 65.5 Å². The molecule has 2 amide bonds. The summed E-state index contributed by atoms with van der Waals surface area (Å²) in [6, 6.07) is 12.6. The van der Waals surface area contributed by atoms with Crippen molar-refractivity contribution in [2.24, 2.45) is 0 Å². The number of nitrogens with one attached hydrogen (secondary N) is 2. The van der Waals surface area contributed by atoms with Crippen LogP contribution in [-0.4, -0.2) is 21.4 Å². The van der Waals surface area contributed by atoms with E-state index in [-0.39, 0.29) is 11.0 Å². The van der Waals surface area contributed by atoms with Gasteiger partial charge in [-0.15, -0.1) is 0 Å². The highest BCUT2D eigenvalue weighted by Crippen LogP contribution is 2.31. The van der Waals surface area contributed by atoms with E-state index in [4.69, 9.17) is 0 Å². The minimum Gasteiger partial charge on any atom is -0.311 e. The molecule has 6 nitrogen and oxygen atoms in total. The molecule has 0 radical (unpaired) electrons. The van der Waals surface area contributed by atoms with Crippen LogP contribution in [0.5, 0.6) is 0 Å². The van der Waals surface area contributed by atoms with Crippen LogP contribution in [0.25, 0.3) is 11.0 Å². The normalized spacial score (nSPS) is 11.4. The smallest absolute Gasteiger partial charge is 0.311 e. The number of aromatic nitrogens is 2. The van der Waals surface area contributed by atoms with Crippen LogP contribution < -0.4 is 10.9 Å². The molecular weight excluding hydrogens is 361 g/mol. The summed E-state index contributed by atoms with van der Waals surface area (Å²) in [4.78, 5) is 27.6. The Morgan fingerprint density at radius 3 is 2.37 bits per heavy atom. The minimum absolute atomic E-state index is 0.126. The lowest BCUT2D eigenvalue weighted by molar-refractivity contribution is -0.147. The number of fused-ring (bicyclic) bond motifs is 1. The lowest BCUT2D eigenvalue weighted by Gasteiger charge is -2.12. The first-order chi connectivity index (χ1) is 12.8. The number of para-hydroxylation sites is 2. The fourth-order valence-corrected chi connectivity index (χ4v) is 2.54. The van der Waals surface area contributed by atoms with E-state index in [2.05, 4.69) is 15.8 Å². The maximum atomic E-state index is 13.2. The third-order valence-electron chi connectivity index (χ3n) is 3.84. The van der Waals surface area contributed by atoms with Crippen molar-refractivity contribution < 1.29 is 22.8 Å². The van der Waals surface area contributed by atoms with Gasteiger partial charge in [-0.05, 0) is 31.2 Å². The SMILES string of the molecule is Cc1ccc(C(=O)NNC(=O)Cn2c(C(F)(F)F)nc3ccccc32)cc1. The first kappa shape index (κ1) is 18.4. The molecule has 0 fully saturated rings. The number of halogens is 3. The van der Waals surface area contributed by atoms with Crippen LogP contribution in [0.2, 0.25) is 0 Å². The van der Waals surface area contributed by atoms with Gasteiger partial charge in [0.2, 0.25) is 5.82 Å². The van der Waals surface area contributed by atoms with E-state index in [9.17, 15) is 22.8 Å². The zero-order valence-corrected chi connectivity index (χ0v) is 14.2. The zero-order valence-electron chi connectivity index (χ0n) is 14.2. The van der Waals surface area contributed by atoms with Crippen molar-refractivity contribution in [2.45, 2.75) is 19.6 Å². The van der Waals surface area contributed by atoms with E-state index in [0.29, 0.717) is 5.56 Å². The number of aryl methyl sites for hydroxylation is 1. The lowest BCUT2D eigenvalue weighted by atomic mass is 10.1. The minimum atomic E-state index is -4.72. The molecule has 0 spiro atoms. The van der Waals surface area contributed by atoms with E-state index in [0.717, 1.165) is 10.1 Å². The van der Waals surface area contributed by atoms with Crippen LogP contribution in [0.1, 0.15) is 21.7 Å². The fraction of sp³-hybridized carbons (Fsp3) is 0.167. The van der Waals surface area contributed by atoms with Crippen LogP contribution in [-0.2, 0) is 17.5 Å². The monoisotopic (exact) mass is 376 g/mol. The highest BCUT2D eigenvalue weighted by Gasteiger charge is 2.38. The quantitative estimate of drug-likeness (QED) is 0.691. The van der Waals surface area contributed by atoms with Gasteiger partial charge in [-0.1, -0.05) is 29.8 Å². The molecule has 3 aromatic rings. The van der Waals surface area contributed by atoms with Crippen LogP contribution in [0.4, 0.5) is 13.2 Å². The molecule has 0 saturated carbocycles. The maximum Gasteiger partial charge on any atom is 0.449 e. The van der Waals surface area contributed by atoms with Crippen LogP contribution in [0, 0.1) is 6.92 Å². The largest absolute Gasteiger partial charge is 0.449 e. The van der Waals surface area contributed by atoms with E-state index >= 15 is 0 Å². The number of hydrazine groups is 1. The lowest BCUT2D eigenvalue weighted by Crippen LogP contribution is -2.43. The van der Waals surface area contributed by atoms with Crippen molar-refractivity contribution in [3.8, 4) is 0 Å². The van der Waals surface area contributed by atoms with Gasteiger partial charge < -0.3 is 4.57 Å². The van der Waals surface area contributed by atoms with Gasteiger partial charge in [-0.25, -0.2) is 4.98 Å². The van der Waals surface area contributed by atoms with Crippen LogP contribution >= 0.6 is 0 Å². The molecular formula is C18H15F3N4O2. The van der Waals surface area contributed by atoms with Crippen molar-refractivity contribution in [3.63, 3.8) is 0 Å². The Morgan fingerprint density at radius 1 is 1.04 bits per heavy atom. The van der Waals surface area contributed by atoms with Gasteiger partial charge in [0.1, 0.15) is 6.54 Å². The van der Waals surface area contributed by atoms with Crippen LogP contribution in [0.3, 0.4) is 0 Å². The Kier molecular flexibility index (Phi) is 4.85. The first-order valence-corrected chi connectivity index (χ1v) is 7.94. The molecule has 0 saturated heterocycles. The number of carbonyl (C=O) groups is 2. The van der Waals surface area contributed by atoms with Gasteiger partial charge in [-0.2, -0.15) is 13.2 Å². The summed E-state index contributed by atoms with van der Waals surface area (Å²) in [5, 5.41) is 0. The van der Waals surface area contributed by atoms with Crippen molar-refractivity contribution >= 4 is 22.8 Å². The molecule has 27 heavy (non-hydrogen) atoms. The number of hydrogen-bond acceptors (Lipinski definition) is 3. The number of nitrogens with zero attached hydrogens (tertiary/aromatic N) is 2. The fourth-order valence-electron chi connectivity index (χ4n) is 2.54. The molecule has 0 aliphatic heterocycles. The second kappa shape index (κ2) is 7.10. The summed E-state index contributed by atoms with van der Waals surface area (Å²) in [7, 11) is 0. The zero-order chi connectivity index (χ0) is 19.6. The molecule has 0 bridgehead atoms. The molecule has 0 aliphatic rings. The average molecular weight is 376 g/mol. The number of hydrogen-bond donors (Lipinski definition) is 2. The highest BCUT2D eigenvalue weighted by molar-refractivity contribution is 5.95. The predicted octanol–water partition coefficient (Wildman–Crippen LogP) is 2.82. The van der Waals surface area contributed by atoms with Crippen molar-refractivity contribution in [1.82, 2.24) is 20.4 Å². The summed E-state index contributed by atoms with van der Waals surface area (Å²) in [5.74, 6) is -2.57. The van der Waals surface area contributed by atoms with Gasteiger partial charge in [0, 0.05) is 5.56 Å². The molecule has 0 aliphatic carbocycles. The van der Waals surface area contributed by atoms with Gasteiger partial charge in [0.25, 0.3) is 11.8 Å². The third kappa shape index (κ3) is 4.08. The van der Waals surface area contributed by atoms with Crippen molar-refractivity contribution in [2.75, 3.05) is 0 Å². The molecule has 1 heterocycles. The second-order valence-electron chi connectivity index (χ2n) is 5.88. The first-order valence-electron chi connectivity index (χ1n) is 7.94. The standard InChI is InChI=1S/C18H15F3N4O2/c1-11-6-8-12(9-7-11)16(27)24-23-15(26)10-25-14-5-3-2-4-13(14)22-17(25)18(19,20)21/h2-9H,10H2,1H3,(H,23,26)(H,24,27). The second-order valence-corrected chi connectivity index (χ2v) is 5.88. The van der Waals surface area contributed by atoms with Gasteiger partial charge in [0.15, 0.2) is 0 Å². The van der Waals surface area contributed by atoms with E-state index in [1.165, 1.54) is 12.1 Å². The van der Waals surface area contributed by atoms with Gasteiger partial charge >= 0.3 is 6.18 Å². The molecule has 2 N–H and O–H groups in total. The topological polar surface area (TPSA) is 76.0 Å². The Balaban J connectivity index is 1.74. The summed E-state index contributed by atoms with van der Waals surface area (Å²) >= 11 is 0. The Morgan fingerprint density at radius 2 is 1.70 bits per heavy atom. The maximum absolute atomic E-state index is 13.2.